The van der Waals surface area contributed by atoms with Crippen LogP contribution in [0.25, 0.3) is 11.0 Å². The number of nitrogens with zero attached hydrogens (tertiary/aromatic N) is 1. The maximum absolute atomic E-state index is 10.8. The van der Waals surface area contributed by atoms with E-state index in [2.05, 4.69) is 9.97 Å². The first-order chi connectivity index (χ1) is 6.47. The number of fused-ring (bicyclic) bond motifs is 1. The fourth-order valence-corrected chi connectivity index (χ4v) is 1.78. The first-order valence-electron chi connectivity index (χ1n) is 3.91. The van der Waals surface area contributed by atoms with Crippen LogP contribution in [0.5, 0.6) is 0 Å². The molecular formula is C8H8ClN2O3S-. The molecule has 1 heterocycles. The highest BCUT2D eigenvalue weighted by molar-refractivity contribution is 7.85. The number of aromatic nitrogens is 2. The minimum absolute atomic E-state index is 0. The smallest absolute Gasteiger partial charge is 0.294 e. The van der Waals surface area contributed by atoms with Crippen LogP contribution >= 0.6 is 0 Å². The first-order valence-corrected chi connectivity index (χ1v) is 5.35. The zero-order valence-electron chi connectivity index (χ0n) is 7.73. The van der Waals surface area contributed by atoms with Crippen molar-refractivity contribution in [2.75, 3.05) is 0 Å². The minimum atomic E-state index is -4.13. The van der Waals surface area contributed by atoms with Crippen LogP contribution in [0.4, 0.5) is 0 Å². The molecule has 0 radical (unpaired) electrons. The highest BCUT2D eigenvalue weighted by Crippen LogP contribution is 2.16. The van der Waals surface area contributed by atoms with Gasteiger partial charge in [-0.25, -0.2) is 4.98 Å². The van der Waals surface area contributed by atoms with Gasteiger partial charge < -0.3 is 17.4 Å². The van der Waals surface area contributed by atoms with Gasteiger partial charge in [0.1, 0.15) is 5.82 Å². The molecule has 0 atom stereocenters. The molecule has 0 amide bonds. The van der Waals surface area contributed by atoms with E-state index in [-0.39, 0.29) is 17.3 Å². The Labute approximate surface area is 92.7 Å². The molecule has 0 aliphatic rings. The molecule has 5 nitrogen and oxygen atoms in total. The van der Waals surface area contributed by atoms with Gasteiger partial charge in [0.15, 0.2) is 0 Å². The molecule has 0 unspecified atom stereocenters. The lowest BCUT2D eigenvalue weighted by molar-refractivity contribution is -0.00000724. The van der Waals surface area contributed by atoms with Crippen LogP contribution in [0, 0.1) is 6.92 Å². The van der Waals surface area contributed by atoms with Crippen molar-refractivity contribution in [1.82, 2.24) is 9.97 Å². The van der Waals surface area contributed by atoms with Crippen molar-refractivity contribution in [3.05, 3.63) is 24.0 Å². The van der Waals surface area contributed by atoms with Gasteiger partial charge in [0.25, 0.3) is 10.1 Å². The fraction of sp³-hybridized carbons (Fsp3) is 0.125. The van der Waals surface area contributed by atoms with Crippen LogP contribution in [0.1, 0.15) is 5.82 Å². The average Bonchev–Trinajstić information content (AvgIpc) is 2.41. The Hall–Kier alpha value is -1.11. The molecule has 1 aromatic heterocycles. The van der Waals surface area contributed by atoms with Gasteiger partial charge in [-0.05, 0) is 25.1 Å². The van der Waals surface area contributed by atoms with E-state index in [0.29, 0.717) is 16.9 Å². The average molecular weight is 248 g/mol. The minimum Gasteiger partial charge on any atom is -1.00 e. The molecule has 0 bridgehead atoms. The van der Waals surface area contributed by atoms with Crippen LogP contribution in [-0.2, 0) is 10.1 Å². The van der Waals surface area contributed by atoms with E-state index in [9.17, 15) is 8.42 Å². The molecule has 82 valence electrons. The predicted octanol–water partition coefficient (Wildman–Crippen LogP) is -1.88. The van der Waals surface area contributed by atoms with Gasteiger partial charge in [-0.1, -0.05) is 0 Å². The second kappa shape index (κ2) is 3.80. The highest BCUT2D eigenvalue weighted by Gasteiger charge is 2.10. The third-order valence-electron chi connectivity index (χ3n) is 1.87. The Morgan fingerprint density at radius 3 is 2.67 bits per heavy atom. The summed E-state index contributed by atoms with van der Waals surface area (Å²) in [7, 11) is -4.13. The van der Waals surface area contributed by atoms with Crippen molar-refractivity contribution in [3.8, 4) is 0 Å². The van der Waals surface area contributed by atoms with Crippen LogP contribution in [0.2, 0.25) is 0 Å². The second-order valence-corrected chi connectivity index (χ2v) is 4.40. The van der Waals surface area contributed by atoms with Gasteiger partial charge in [0, 0.05) is 0 Å². The molecule has 7 heteroatoms. The van der Waals surface area contributed by atoms with Gasteiger partial charge in [0.2, 0.25) is 0 Å². The Morgan fingerprint density at radius 1 is 1.40 bits per heavy atom. The standard InChI is InChI=1S/C8H8N2O3S.ClH/c1-5-9-7-3-2-6(14(11,12)13)4-8(7)10-5;/h2-4H,1H3,(H,9,10)(H,11,12,13);1H/p-1. The molecular weight excluding hydrogens is 240 g/mol. The van der Waals surface area contributed by atoms with E-state index in [0.717, 1.165) is 0 Å². The Balaban J connectivity index is 0.00000112. The van der Waals surface area contributed by atoms with Gasteiger partial charge in [-0.15, -0.1) is 0 Å². The summed E-state index contributed by atoms with van der Waals surface area (Å²) in [5, 5.41) is 0. The summed E-state index contributed by atoms with van der Waals surface area (Å²) in [6.45, 7) is 1.77. The maximum Gasteiger partial charge on any atom is 0.294 e. The lowest BCUT2D eigenvalue weighted by atomic mass is 10.3. The zero-order chi connectivity index (χ0) is 10.3. The van der Waals surface area contributed by atoms with Crippen molar-refractivity contribution >= 4 is 21.2 Å². The van der Waals surface area contributed by atoms with Gasteiger partial charge >= 0.3 is 0 Å². The van der Waals surface area contributed by atoms with E-state index in [4.69, 9.17) is 4.55 Å². The van der Waals surface area contributed by atoms with Crippen molar-refractivity contribution in [2.24, 2.45) is 0 Å². The van der Waals surface area contributed by atoms with E-state index < -0.39 is 10.1 Å². The summed E-state index contributed by atoms with van der Waals surface area (Å²) in [5.41, 5.74) is 1.27. The second-order valence-electron chi connectivity index (χ2n) is 2.98. The van der Waals surface area contributed by atoms with Crippen molar-refractivity contribution < 1.29 is 25.4 Å². The Kier molecular flexibility index (Phi) is 3.03. The van der Waals surface area contributed by atoms with E-state index >= 15 is 0 Å². The number of imidazole rings is 1. The maximum atomic E-state index is 10.8. The molecule has 1 aromatic carbocycles. The molecule has 0 fully saturated rings. The lowest BCUT2D eigenvalue weighted by Gasteiger charge is -1.95. The third kappa shape index (κ3) is 2.28. The normalized spacial score (nSPS) is 11.3. The van der Waals surface area contributed by atoms with Crippen LogP contribution in [-0.4, -0.2) is 22.9 Å². The molecule has 2 rings (SSSR count). The summed E-state index contributed by atoms with van der Waals surface area (Å²) < 4.78 is 30.4. The third-order valence-corrected chi connectivity index (χ3v) is 2.72. The Morgan fingerprint density at radius 2 is 2.07 bits per heavy atom. The van der Waals surface area contributed by atoms with Crippen LogP contribution < -0.4 is 12.4 Å². The van der Waals surface area contributed by atoms with Gasteiger partial charge in [-0.2, -0.15) is 8.42 Å². The number of aromatic amines is 1. The van der Waals surface area contributed by atoms with Crippen molar-refractivity contribution in [3.63, 3.8) is 0 Å². The molecule has 0 saturated heterocycles. The number of hydrogen-bond acceptors (Lipinski definition) is 3. The largest absolute Gasteiger partial charge is 1.00 e. The highest BCUT2D eigenvalue weighted by atomic mass is 35.5. The number of benzene rings is 1. The SMILES string of the molecule is Cc1nc2ccc(S(=O)(=O)O)cc2[nH]1.[Cl-]. The molecule has 0 aliphatic carbocycles. The fourth-order valence-electron chi connectivity index (χ4n) is 1.28. The van der Waals surface area contributed by atoms with E-state index in [1.54, 1.807) is 13.0 Å². The zero-order valence-corrected chi connectivity index (χ0v) is 9.30. The molecule has 2 N–H and O–H groups in total. The number of nitrogens with one attached hydrogen (secondary N) is 1. The summed E-state index contributed by atoms with van der Waals surface area (Å²) in [5.74, 6) is 0.701. The van der Waals surface area contributed by atoms with Crippen LogP contribution in [0.15, 0.2) is 23.1 Å². The summed E-state index contributed by atoms with van der Waals surface area (Å²) in [6, 6.07) is 4.21. The van der Waals surface area contributed by atoms with Crippen molar-refractivity contribution in [1.29, 1.82) is 0 Å². The number of H-pyrrole nitrogens is 1. The summed E-state index contributed by atoms with van der Waals surface area (Å²) in [4.78, 5) is 6.86. The van der Waals surface area contributed by atoms with Gasteiger partial charge in [0.05, 0.1) is 15.9 Å². The first kappa shape index (κ1) is 12.0. The van der Waals surface area contributed by atoms with Crippen molar-refractivity contribution in [2.45, 2.75) is 11.8 Å². The molecule has 0 aliphatic heterocycles. The number of hydrogen-bond donors (Lipinski definition) is 2. The van der Waals surface area contributed by atoms with E-state index in [1.807, 2.05) is 0 Å². The Bertz CT molecular complexity index is 591. The number of rotatable bonds is 1. The predicted molar refractivity (Wildman–Crippen MR) is 50.6 cm³/mol. The quantitative estimate of drug-likeness (QED) is 0.578. The summed E-state index contributed by atoms with van der Waals surface area (Å²) in [6.07, 6.45) is 0. The van der Waals surface area contributed by atoms with Gasteiger partial charge in [-0.3, -0.25) is 4.55 Å². The lowest BCUT2D eigenvalue weighted by Crippen LogP contribution is -3.00. The van der Waals surface area contributed by atoms with E-state index in [1.165, 1.54) is 12.1 Å². The molecule has 15 heavy (non-hydrogen) atoms. The number of halogens is 1. The monoisotopic (exact) mass is 247 g/mol. The number of aryl methyl sites for hydroxylation is 1. The topological polar surface area (TPSA) is 83.1 Å². The molecule has 2 aromatic rings. The molecule has 0 spiro atoms. The molecule has 0 saturated carbocycles. The van der Waals surface area contributed by atoms with Crippen LogP contribution in [0.3, 0.4) is 0 Å². The summed E-state index contributed by atoms with van der Waals surface area (Å²) >= 11 is 0.